The van der Waals surface area contributed by atoms with Crippen LogP contribution in [-0.4, -0.2) is 20.7 Å². The van der Waals surface area contributed by atoms with Crippen LogP contribution in [-0.2, 0) is 14.8 Å². The van der Waals surface area contributed by atoms with Gasteiger partial charge in [-0.3, -0.25) is 0 Å². The van der Waals surface area contributed by atoms with Gasteiger partial charge in [0.15, 0.2) is 0 Å². The second kappa shape index (κ2) is 8.17. The molecule has 0 amide bonds. The van der Waals surface area contributed by atoms with E-state index >= 15 is 0 Å². The molecule has 0 saturated heterocycles. The van der Waals surface area contributed by atoms with Gasteiger partial charge in [-0.15, -0.1) is 0 Å². The molecular formula is C15H23NO3S. The summed E-state index contributed by atoms with van der Waals surface area (Å²) in [6, 6.07) is 6.38. The van der Waals surface area contributed by atoms with Gasteiger partial charge >= 0.3 is 0 Å². The average molecular weight is 297 g/mol. The molecule has 0 radical (unpaired) electrons. The molecule has 0 bridgehead atoms. The summed E-state index contributed by atoms with van der Waals surface area (Å²) in [7, 11) is -3.54. The highest BCUT2D eigenvalue weighted by Gasteiger charge is 2.19. The molecule has 0 spiro atoms. The third-order valence-electron chi connectivity index (χ3n) is 3.19. The van der Waals surface area contributed by atoms with Crippen molar-refractivity contribution in [3.63, 3.8) is 0 Å². The highest BCUT2D eigenvalue weighted by atomic mass is 32.2. The summed E-state index contributed by atoms with van der Waals surface area (Å²) in [6.45, 7) is 4.00. The molecule has 1 N–H and O–H groups in total. The van der Waals surface area contributed by atoms with Gasteiger partial charge in [0.05, 0.1) is 4.90 Å². The lowest BCUT2D eigenvalue weighted by atomic mass is 10.1. The molecule has 0 heterocycles. The quantitative estimate of drug-likeness (QED) is 0.563. The minimum atomic E-state index is -3.54. The van der Waals surface area contributed by atoms with Crippen molar-refractivity contribution in [3.8, 4) is 0 Å². The van der Waals surface area contributed by atoms with Crippen molar-refractivity contribution in [1.29, 1.82) is 0 Å². The van der Waals surface area contributed by atoms with Crippen molar-refractivity contribution >= 4 is 16.3 Å². The number of benzene rings is 1. The van der Waals surface area contributed by atoms with E-state index in [1.165, 1.54) is 0 Å². The Kier molecular flexibility index (Phi) is 6.88. The average Bonchev–Trinajstić information content (AvgIpc) is 2.39. The molecule has 20 heavy (non-hydrogen) atoms. The van der Waals surface area contributed by atoms with E-state index in [2.05, 4.69) is 11.6 Å². The van der Waals surface area contributed by atoms with Gasteiger partial charge < -0.3 is 4.79 Å². The Hall–Kier alpha value is -1.20. The Morgan fingerprint density at radius 3 is 2.40 bits per heavy atom. The fourth-order valence-corrected chi connectivity index (χ4v) is 3.27. The molecule has 0 fully saturated rings. The van der Waals surface area contributed by atoms with Crippen LogP contribution in [0.5, 0.6) is 0 Å². The molecule has 0 unspecified atom stereocenters. The Balaban J connectivity index is 2.74. The zero-order valence-electron chi connectivity index (χ0n) is 12.1. The zero-order chi connectivity index (χ0) is 15.0. The summed E-state index contributed by atoms with van der Waals surface area (Å²) in [5, 5.41) is 0. The molecule has 0 aliphatic rings. The molecule has 0 aliphatic heterocycles. The molecule has 1 rings (SSSR count). The first-order valence-corrected chi connectivity index (χ1v) is 8.50. The third-order valence-corrected chi connectivity index (χ3v) is 4.73. The van der Waals surface area contributed by atoms with Crippen LogP contribution in [0.4, 0.5) is 0 Å². The maximum Gasteiger partial charge on any atom is 0.240 e. The Labute approximate surface area is 121 Å². The highest BCUT2D eigenvalue weighted by molar-refractivity contribution is 7.89. The van der Waals surface area contributed by atoms with E-state index in [-0.39, 0.29) is 17.4 Å². The second-order valence-electron chi connectivity index (χ2n) is 5.03. The van der Waals surface area contributed by atoms with Gasteiger partial charge in [-0.05, 0) is 25.5 Å². The number of hydrogen-bond acceptors (Lipinski definition) is 3. The number of carbonyl (C=O) groups is 1. The summed E-state index contributed by atoms with van der Waals surface area (Å²) in [6.07, 6.45) is 4.71. The fourth-order valence-electron chi connectivity index (χ4n) is 1.99. The van der Waals surface area contributed by atoms with Crippen LogP contribution in [0.25, 0.3) is 0 Å². The number of nitrogens with one attached hydrogen (secondary N) is 1. The monoisotopic (exact) mass is 297 g/mol. The van der Waals surface area contributed by atoms with Crippen LogP contribution in [0.15, 0.2) is 29.2 Å². The minimum Gasteiger partial charge on any atom is -0.303 e. The molecule has 5 heteroatoms. The van der Waals surface area contributed by atoms with Crippen molar-refractivity contribution < 1.29 is 13.2 Å². The summed E-state index contributed by atoms with van der Waals surface area (Å²) < 4.78 is 27.1. The summed E-state index contributed by atoms with van der Waals surface area (Å²) in [5.74, 6) is 0. The predicted octanol–water partition coefficient (Wildman–Crippen LogP) is 2.81. The van der Waals surface area contributed by atoms with Crippen molar-refractivity contribution in [2.45, 2.75) is 56.9 Å². The van der Waals surface area contributed by atoms with Gasteiger partial charge in [0.2, 0.25) is 10.0 Å². The van der Waals surface area contributed by atoms with Crippen molar-refractivity contribution in [3.05, 3.63) is 29.8 Å². The number of carbonyl (C=O) groups excluding carboxylic acids is 1. The van der Waals surface area contributed by atoms with Gasteiger partial charge in [0.1, 0.15) is 6.29 Å². The van der Waals surface area contributed by atoms with Crippen LogP contribution < -0.4 is 4.72 Å². The second-order valence-corrected chi connectivity index (χ2v) is 6.74. The Morgan fingerprint density at radius 2 is 1.85 bits per heavy atom. The first-order valence-electron chi connectivity index (χ1n) is 7.02. The van der Waals surface area contributed by atoms with E-state index in [9.17, 15) is 13.2 Å². The number of rotatable bonds is 9. The van der Waals surface area contributed by atoms with E-state index < -0.39 is 10.0 Å². The lowest BCUT2D eigenvalue weighted by molar-refractivity contribution is -0.108. The lowest BCUT2D eigenvalue weighted by Crippen LogP contribution is -2.35. The summed E-state index contributed by atoms with van der Waals surface area (Å²) in [5.41, 5.74) is 1.01. The van der Waals surface area contributed by atoms with E-state index in [4.69, 9.17) is 0 Å². The first-order chi connectivity index (χ1) is 9.49. The minimum absolute atomic E-state index is 0.217. The smallest absolute Gasteiger partial charge is 0.240 e. The van der Waals surface area contributed by atoms with Gasteiger partial charge in [-0.2, -0.15) is 0 Å². The molecule has 1 aromatic rings. The normalized spacial score (nSPS) is 13.1. The van der Waals surface area contributed by atoms with Crippen LogP contribution in [0.1, 0.15) is 44.6 Å². The predicted molar refractivity (Wildman–Crippen MR) is 80.1 cm³/mol. The largest absolute Gasteiger partial charge is 0.303 e. The fraction of sp³-hybridized carbons (Fsp3) is 0.533. The third kappa shape index (κ3) is 5.43. The summed E-state index contributed by atoms with van der Waals surface area (Å²) >= 11 is 0. The first kappa shape index (κ1) is 16.9. The molecule has 1 atom stereocenters. The number of hydrogen-bond donors (Lipinski definition) is 1. The molecule has 0 aromatic heterocycles. The van der Waals surface area contributed by atoms with Gasteiger partial charge in [-0.1, -0.05) is 43.9 Å². The van der Waals surface area contributed by atoms with E-state index in [1.54, 1.807) is 24.3 Å². The number of aldehydes is 1. The molecule has 4 nitrogen and oxygen atoms in total. The van der Waals surface area contributed by atoms with Gasteiger partial charge in [-0.25, -0.2) is 13.1 Å². The van der Waals surface area contributed by atoms with Crippen LogP contribution in [0, 0.1) is 6.92 Å². The van der Waals surface area contributed by atoms with Crippen LogP contribution in [0.3, 0.4) is 0 Å². The Bertz CT molecular complexity index is 508. The molecule has 112 valence electrons. The van der Waals surface area contributed by atoms with E-state index in [1.807, 2.05) is 6.92 Å². The maximum absolute atomic E-state index is 12.2. The van der Waals surface area contributed by atoms with E-state index in [0.717, 1.165) is 31.1 Å². The zero-order valence-corrected chi connectivity index (χ0v) is 12.9. The number of aryl methyl sites for hydroxylation is 1. The van der Waals surface area contributed by atoms with E-state index in [0.29, 0.717) is 6.42 Å². The van der Waals surface area contributed by atoms with Gasteiger partial charge in [0, 0.05) is 12.5 Å². The topological polar surface area (TPSA) is 63.2 Å². The van der Waals surface area contributed by atoms with Gasteiger partial charge in [0.25, 0.3) is 0 Å². The maximum atomic E-state index is 12.2. The van der Waals surface area contributed by atoms with Crippen LogP contribution in [0.2, 0.25) is 0 Å². The number of sulfonamides is 1. The molecule has 1 aromatic carbocycles. The lowest BCUT2D eigenvalue weighted by Gasteiger charge is -2.16. The molecular weight excluding hydrogens is 274 g/mol. The highest BCUT2D eigenvalue weighted by Crippen LogP contribution is 2.13. The standard InChI is InChI=1S/C15H23NO3S/c1-3-4-5-6-14(11-12-17)16-20(18,19)15-9-7-13(2)8-10-15/h7-10,12,14,16H,3-6,11H2,1-2H3/t14-/m1/s1. The molecule has 0 aliphatic carbocycles. The van der Waals surface area contributed by atoms with Crippen molar-refractivity contribution in [2.24, 2.45) is 0 Å². The van der Waals surface area contributed by atoms with Crippen molar-refractivity contribution in [2.75, 3.05) is 0 Å². The van der Waals surface area contributed by atoms with Crippen molar-refractivity contribution in [1.82, 2.24) is 4.72 Å². The van der Waals surface area contributed by atoms with Crippen LogP contribution >= 0.6 is 0 Å². The number of unbranched alkanes of at least 4 members (excludes halogenated alkanes) is 2. The molecule has 0 saturated carbocycles. The SMILES string of the molecule is CCCCC[C@H](CC=O)NS(=O)(=O)c1ccc(C)cc1. The Morgan fingerprint density at radius 1 is 1.20 bits per heavy atom. The summed E-state index contributed by atoms with van der Waals surface area (Å²) in [4.78, 5) is 10.9.